The number of piperazine rings is 1. The van der Waals surface area contributed by atoms with Gasteiger partial charge in [-0.15, -0.1) is 5.10 Å². The van der Waals surface area contributed by atoms with Crippen LogP contribution in [0, 0.1) is 6.92 Å². The summed E-state index contributed by atoms with van der Waals surface area (Å²) in [6.07, 6.45) is 3.79. The van der Waals surface area contributed by atoms with Crippen LogP contribution in [0.2, 0.25) is 10.2 Å². The first-order valence-electron chi connectivity index (χ1n) is 14.0. The number of likely N-dealkylation sites (N-methyl/N-ethyl adjacent to an activating group) is 1. The zero-order valence-corrected chi connectivity index (χ0v) is 25.3. The van der Waals surface area contributed by atoms with E-state index >= 15 is 0 Å². The van der Waals surface area contributed by atoms with Gasteiger partial charge in [0.15, 0.2) is 5.69 Å². The van der Waals surface area contributed by atoms with Crippen LogP contribution in [-0.4, -0.2) is 114 Å². The molecule has 1 aromatic carbocycles. The topological polar surface area (TPSA) is 121 Å². The molecule has 2 saturated heterocycles. The number of morpholine rings is 1. The minimum Gasteiger partial charge on any atom is -0.379 e. The van der Waals surface area contributed by atoms with E-state index in [1.807, 2.05) is 18.2 Å². The van der Waals surface area contributed by atoms with Crippen LogP contribution in [0.1, 0.15) is 32.8 Å². The van der Waals surface area contributed by atoms with Gasteiger partial charge in [0.25, 0.3) is 11.8 Å². The Bertz CT molecular complexity index is 1420. The summed E-state index contributed by atoms with van der Waals surface area (Å²) in [7, 11) is 2.09. The molecule has 224 valence electrons. The molecule has 0 radical (unpaired) electrons. The van der Waals surface area contributed by atoms with Crippen molar-refractivity contribution in [3.05, 3.63) is 57.6 Å². The summed E-state index contributed by atoms with van der Waals surface area (Å²) in [4.78, 5) is 37.0. The fourth-order valence-corrected chi connectivity index (χ4v) is 5.33. The van der Waals surface area contributed by atoms with Gasteiger partial charge in [0.05, 0.1) is 47.1 Å². The average Bonchev–Trinajstić information content (AvgIpc) is 3.50. The van der Waals surface area contributed by atoms with Crippen LogP contribution in [0.3, 0.4) is 0 Å². The fraction of sp³-hybridized carbons (Fsp3) is 0.464. The third-order valence-electron chi connectivity index (χ3n) is 7.53. The number of halogens is 2. The first-order chi connectivity index (χ1) is 20.3. The van der Waals surface area contributed by atoms with Crippen molar-refractivity contribution in [2.45, 2.75) is 13.3 Å². The Kier molecular flexibility index (Phi) is 9.91. The number of carbonyl (C=O) groups is 2. The monoisotopic (exact) mass is 615 g/mol. The van der Waals surface area contributed by atoms with Crippen LogP contribution in [0.25, 0.3) is 5.69 Å². The third-order valence-corrected chi connectivity index (χ3v) is 8.40. The molecule has 4 heterocycles. The van der Waals surface area contributed by atoms with Crippen LogP contribution in [0.15, 0.2) is 30.6 Å². The van der Waals surface area contributed by atoms with Gasteiger partial charge in [-0.25, -0.2) is 9.67 Å². The Morgan fingerprint density at radius 2 is 1.81 bits per heavy atom. The Labute approximate surface area is 254 Å². The minimum atomic E-state index is -0.407. The zero-order chi connectivity index (χ0) is 29.6. The summed E-state index contributed by atoms with van der Waals surface area (Å²) in [6, 6.07) is 5.65. The summed E-state index contributed by atoms with van der Waals surface area (Å²) in [6.45, 7) is 9.91. The van der Waals surface area contributed by atoms with Crippen molar-refractivity contribution in [3.8, 4) is 5.69 Å². The highest BCUT2D eigenvalue weighted by Gasteiger charge is 2.22. The standard InChI is InChI=1S/C28H35Cl2N9O3/c1-19-25(29)21(17-32-26(19)30)27(40)33-22-16-20(4-5-24(22)38-10-8-36(2)9-11-38)39-18-23(34-35-39)28(41)31-6-3-7-37-12-14-42-15-13-37/h4-5,16-18H,3,6-15H2,1-2H3,(H,31,41)(H,33,40). The molecule has 2 aromatic heterocycles. The maximum atomic E-state index is 13.4. The summed E-state index contributed by atoms with van der Waals surface area (Å²) in [5, 5.41) is 14.7. The lowest BCUT2D eigenvalue weighted by Crippen LogP contribution is -2.44. The number of benzene rings is 1. The molecule has 5 rings (SSSR count). The van der Waals surface area contributed by atoms with E-state index in [2.05, 4.69) is 47.7 Å². The van der Waals surface area contributed by atoms with E-state index in [1.54, 1.807) is 13.1 Å². The smallest absolute Gasteiger partial charge is 0.273 e. The van der Waals surface area contributed by atoms with Gasteiger partial charge in [0.2, 0.25) is 0 Å². The molecule has 0 unspecified atom stereocenters. The molecule has 42 heavy (non-hydrogen) atoms. The molecular formula is C28H35Cl2N9O3. The molecule has 0 spiro atoms. The first-order valence-corrected chi connectivity index (χ1v) is 14.8. The van der Waals surface area contributed by atoms with Crippen LogP contribution < -0.4 is 15.5 Å². The summed E-state index contributed by atoms with van der Waals surface area (Å²) < 4.78 is 6.90. The van der Waals surface area contributed by atoms with Crippen molar-refractivity contribution < 1.29 is 14.3 Å². The quantitative estimate of drug-likeness (QED) is 0.276. The SMILES string of the molecule is Cc1c(Cl)ncc(C(=O)Nc2cc(-n3cc(C(=O)NCCCN4CCOCC4)nn3)ccc2N2CCN(C)CC2)c1Cl. The fourth-order valence-electron chi connectivity index (χ4n) is 4.92. The molecule has 0 bridgehead atoms. The number of anilines is 2. The van der Waals surface area contributed by atoms with E-state index in [1.165, 1.54) is 10.9 Å². The van der Waals surface area contributed by atoms with Crippen molar-refractivity contribution in [2.24, 2.45) is 0 Å². The third kappa shape index (κ3) is 7.19. The Morgan fingerprint density at radius 1 is 1.05 bits per heavy atom. The van der Waals surface area contributed by atoms with Crippen molar-refractivity contribution in [2.75, 3.05) is 82.8 Å². The Hall–Kier alpha value is -3.29. The van der Waals surface area contributed by atoms with Gasteiger partial charge in [-0.3, -0.25) is 14.5 Å². The lowest BCUT2D eigenvalue weighted by Gasteiger charge is -2.35. The summed E-state index contributed by atoms with van der Waals surface area (Å²) in [5.74, 6) is -0.693. The number of carbonyl (C=O) groups excluding carboxylic acids is 2. The minimum absolute atomic E-state index is 0.213. The number of hydrogen-bond donors (Lipinski definition) is 2. The molecule has 2 amide bonds. The molecule has 2 aliphatic heterocycles. The number of nitrogens with one attached hydrogen (secondary N) is 2. The second-order valence-corrected chi connectivity index (χ2v) is 11.2. The highest BCUT2D eigenvalue weighted by atomic mass is 35.5. The van der Waals surface area contributed by atoms with Gasteiger partial charge in [0.1, 0.15) is 5.15 Å². The zero-order valence-electron chi connectivity index (χ0n) is 23.8. The molecule has 2 N–H and O–H groups in total. The Balaban J connectivity index is 1.31. The van der Waals surface area contributed by atoms with Gasteiger partial charge in [0, 0.05) is 57.6 Å². The molecular weight excluding hydrogens is 581 g/mol. The molecule has 12 nitrogen and oxygen atoms in total. The van der Waals surface area contributed by atoms with Gasteiger partial charge in [-0.1, -0.05) is 28.4 Å². The van der Waals surface area contributed by atoms with Crippen molar-refractivity contribution in [3.63, 3.8) is 0 Å². The average molecular weight is 617 g/mol. The predicted molar refractivity (Wildman–Crippen MR) is 162 cm³/mol. The molecule has 2 aliphatic rings. The molecule has 0 atom stereocenters. The number of rotatable bonds is 9. The molecule has 0 aliphatic carbocycles. The largest absolute Gasteiger partial charge is 0.379 e. The molecule has 3 aromatic rings. The maximum absolute atomic E-state index is 13.4. The number of hydrogen-bond acceptors (Lipinski definition) is 9. The number of pyridine rings is 1. The van der Waals surface area contributed by atoms with Gasteiger partial charge < -0.3 is 25.2 Å². The van der Waals surface area contributed by atoms with E-state index in [0.717, 1.165) is 71.1 Å². The normalized spacial score (nSPS) is 16.4. The van der Waals surface area contributed by atoms with Crippen molar-refractivity contribution >= 4 is 46.4 Å². The molecule has 14 heteroatoms. The van der Waals surface area contributed by atoms with Crippen molar-refractivity contribution in [1.82, 2.24) is 35.1 Å². The highest BCUT2D eigenvalue weighted by Crippen LogP contribution is 2.31. The second-order valence-electron chi connectivity index (χ2n) is 10.5. The van der Waals surface area contributed by atoms with E-state index in [9.17, 15) is 9.59 Å². The van der Waals surface area contributed by atoms with E-state index in [4.69, 9.17) is 27.9 Å². The number of ether oxygens (including phenoxy) is 1. The summed E-state index contributed by atoms with van der Waals surface area (Å²) >= 11 is 12.5. The van der Waals surface area contributed by atoms with Gasteiger partial charge in [-0.2, -0.15) is 0 Å². The molecule has 0 saturated carbocycles. The first kappa shape index (κ1) is 30.2. The van der Waals surface area contributed by atoms with E-state index in [-0.39, 0.29) is 27.3 Å². The predicted octanol–water partition coefficient (Wildman–Crippen LogP) is 2.73. The second kappa shape index (κ2) is 13.8. The van der Waals surface area contributed by atoms with Crippen LogP contribution in [-0.2, 0) is 4.74 Å². The van der Waals surface area contributed by atoms with Crippen molar-refractivity contribution in [1.29, 1.82) is 0 Å². The lowest BCUT2D eigenvalue weighted by atomic mass is 10.1. The van der Waals surface area contributed by atoms with Crippen LogP contribution >= 0.6 is 23.2 Å². The highest BCUT2D eigenvalue weighted by molar-refractivity contribution is 6.37. The summed E-state index contributed by atoms with van der Waals surface area (Å²) in [5.41, 5.74) is 3.06. The van der Waals surface area contributed by atoms with Crippen LogP contribution in [0.4, 0.5) is 11.4 Å². The van der Waals surface area contributed by atoms with Gasteiger partial charge >= 0.3 is 0 Å². The lowest BCUT2D eigenvalue weighted by molar-refractivity contribution is 0.0374. The van der Waals surface area contributed by atoms with E-state index < -0.39 is 5.91 Å². The maximum Gasteiger partial charge on any atom is 0.273 e. The van der Waals surface area contributed by atoms with Crippen LogP contribution in [0.5, 0.6) is 0 Å². The molecule has 2 fully saturated rings. The number of aromatic nitrogens is 4. The van der Waals surface area contributed by atoms with Gasteiger partial charge in [-0.05, 0) is 45.1 Å². The van der Waals surface area contributed by atoms with E-state index in [0.29, 0.717) is 23.5 Å². The number of amides is 2. The number of nitrogens with zero attached hydrogens (tertiary/aromatic N) is 7. The Morgan fingerprint density at radius 3 is 2.57 bits per heavy atom.